The number of aliphatic hydroxyl groups is 1. The van der Waals surface area contributed by atoms with Gasteiger partial charge in [0.2, 0.25) is 0 Å². The van der Waals surface area contributed by atoms with E-state index in [-0.39, 0.29) is 5.56 Å². The van der Waals surface area contributed by atoms with Crippen LogP contribution >= 0.6 is 0 Å². The summed E-state index contributed by atoms with van der Waals surface area (Å²) in [4.78, 5) is 0. The van der Waals surface area contributed by atoms with Gasteiger partial charge in [-0.3, -0.25) is 0 Å². The molecule has 0 aliphatic rings. The van der Waals surface area contributed by atoms with E-state index in [2.05, 4.69) is 0 Å². The third kappa shape index (κ3) is 3.19. The summed E-state index contributed by atoms with van der Waals surface area (Å²) in [5.41, 5.74) is -2.64. The van der Waals surface area contributed by atoms with Gasteiger partial charge in [0.15, 0.2) is 0 Å². The Morgan fingerprint density at radius 2 is 1.82 bits per heavy atom. The van der Waals surface area contributed by atoms with E-state index in [0.717, 1.165) is 6.07 Å². The molecule has 0 fully saturated rings. The zero-order valence-corrected chi connectivity index (χ0v) is 9.61. The van der Waals surface area contributed by atoms with Crippen molar-refractivity contribution in [2.75, 3.05) is 0 Å². The van der Waals surface area contributed by atoms with Crippen molar-refractivity contribution in [3.8, 4) is 0 Å². The van der Waals surface area contributed by atoms with Gasteiger partial charge in [-0.25, -0.2) is 4.39 Å². The fourth-order valence-electron chi connectivity index (χ4n) is 1.71. The van der Waals surface area contributed by atoms with Crippen LogP contribution in [0.15, 0.2) is 18.2 Å². The first-order chi connectivity index (χ1) is 7.68. The predicted molar refractivity (Wildman–Crippen MR) is 55.9 cm³/mol. The summed E-state index contributed by atoms with van der Waals surface area (Å²) in [6, 6.07) is 2.59. The van der Waals surface area contributed by atoms with Gasteiger partial charge in [-0.15, -0.1) is 0 Å². The first-order valence-electron chi connectivity index (χ1n) is 5.28. The molecule has 1 N–H and O–H groups in total. The van der Waals surface area contributed by atoms with E-state index in [1.54, 1.807) is 0 Å². The van der Waals surface area contributed by atoms with E-state index in [0.29, 0.717) is 18.9 Å². The van der Waals surface area contributed by atoms with Gasteiger partial charge < -0.3 is 5.11 Å². The predicted octanol–water partition coefficient (Wildman–Crippen LogP) is 3.85. The van der Waals surface area contributed by atoms with Crippen molar-refractivity contribution < 1.29 is 22.7 Å². The van der Waals surface area contributed by atoms with Crippen LogP contribution in [0, 0.1) is 5.82 Å². The van der Waals surface area contributed by atoms with Crippen LogP contribution in [0.3, 0.4) is 0 Å². The number of halogens is 4. The molecule has 0 spiro atoms. The maximum Gasteiger partial charge on any atom is 0.419 e. The standard InChI is InChI=1S/C12H14F4O/c1-3-6-11(2,17)8-4-5-10(13)9(7-8)12(14,15)16/h4-5,7,17H,3,6H2,1-2H3. The molecule has 96 valence electrons. The first kappa shape index (κ1) is 14.0. The van der Waals surface area contributed by atoms with Crippen molar-refractivity contribution in [1.82, 2.24) is 0 Å². The average molecular weight is 250 g/mol. The smallest absolute Gasteiger partial charge is 0.385 e. The highest BCUT2D eigenvalue weighted by Crippen LogP contribution is 2.35. The lowest BCUT2D eigenvalue weighted by atomic mass is 9.90. The highest BCUT2D eigenvalue weighted by atomic mass is 19.4. The summed E-state index contributed by atoms with van der Waals surface area (Å²) < 4.78 is 50.5. The Labute approximate surface area is 97.1 Å². The molecule has 0 amide bonds. The maximum atomic E-state index is 13.0. The van der Waals surface area contributed by atoms with Gasteiger partial charge in [0, 0.05) is 0 Å². The third-order valence-corrected chi connectivity index (χ3v) is 2.63. The summed E-state index contributed by atoms with van der Waals surface area (Å²) in [7, 11) is 0. The van der Waals surface area contributed by atoms with Crippen molar-refractivity contribution in [3.63, 3.8) is 0 Å². The zero-order chi connectivity index (χ0) is 13.3. The molecule has 0 heterocycles. The molecule has 1 atom stereocenters. The Morgan fingerprint density at radius 1 is 1.24 bits per heavy atom. The first-order valence-corrected chi connectivity index (χ1v) is 5.28. The topological polar surface area (TPSA) is 20.2 Å². The minimum absolute atomic E-state index is 0.0769. The average Bonchev–Trinajstić information content (AvgIpc) is 2.15. The summed E-state index contributed by atoms with van der Waals surface area (Å²) in [6.45, 7) is 3.23. The molecule has 0 saturated heterocycles. The molecule has 1 aromatic carbocycles. The fraction of sp³-hybridized carbons (Fsp3) is 0.500. The SMILES string of the molecule is CCCC(C)(O)c1ccc(F)c(C(F)(F)F)c1. The molecule has 1 rings (SSSR count). The molecular weight excluding hydrogens is 236 g/mol. The Hall–Kier alpha value is -1.10. The van der Waals surface area contributed by atoms with Gasteiger partial charge in [-0.2, -0.15) is 13.2 Å². The molecule has 1 nitrogen and oxygen atoms in total. The third-order valence-electron chi connectivity index (χ3n) is 2.63. The molecule has 5 heteroatoms. The minimum atomic E-state index is -4.75. The quantitative estimate of drug-likeness (QED) is 0.808. The van der Waals surface area contributed by atoms with Crippen molar-refractivity contribution in [3.05, 3.63) is 35.1 Å². The second-order valence-corrected chi connectivity index (χ2v) is 4.22. The molecule has 0 saturated carbocycles. The summed E-state index contributed by atoms with van der Waals surface area (Å²) >= 11 is 0. The number of rotatable bonds is 3. The number of hydrogen-bond acceptors (Lipinski definition) is 1. The number of hydrogen-bond donors (Lipinski definition) is 1. The summed E-state index contributed by atoms with van der Waals surface area (Å²) in [5, 5.41) is 9.98. The highest BCUT2D eigenvalue weighted by molar-refractivity contribution is 5.30. The molecular formula is C12H14F4O. The van der Waals surface area contributed by atoms with Crippen LogP contribution in [-0.2, 0) is 11.8 Å². The van der Waals surface area contributed by atoms with Gasteiger partial charge in [-0.1, -0.05) is 19.4 Å². The molecule has 1 aromatic rings. The lowest BCUT2D eigenvalue weighted by Crippen LogP contribution is -2.22. The Kier molecular flexibility index (Phi) is 3.81. The van der Waals surface area contributed by atoms with Crippen molar-refractivity contribution in [2.45, 2.75) is 38.5 Å². The normalized spacial score (nSPS) is 15.7. The lowest BCUT2D eigenvalue weighted by molar-refractivity contribution is -0.140. The van der Waals surface area contributed by atoms with E-state index in [1.807, 2.05) is 6.92 Å². The molecule has 0 aliphatic heterocycles. The second kappa shape index (κ2) is 4.64. The lowest BCUT2D eigenvalue weighted by Gasteiger charge is -2.24. The monoisotopic (exact) mass is 250 g/mol. The number of alkyl halides is 3. The van der Waals surface area contributed by atoms with E-state index < -0.39 is 23.2 Å². The van der Waals surface area contributed by atoms with Crippen LogP contribution in [0.5, 0.6) is 0 Å². The molecule has 1 unspecified atom stereocenters. The van der Waals surface area contributed by atoms with Crippen LogP contribution in [0.25, 0.3) is 0 Å². The van der Waals surface area contributed by atoms with Crippen LogP contribution < -0.4 is 0 Å². The molecule has 0 aliphatic carbocycles. The van der Waals surface area contributed by atoms with Crippen LogP contribution in [-0.4, -0.2) is 5.11 Å². The van der Waals surface area contributed by atoms with Crippen LogP contribution in [0.1, 0.15) is 37.8 Å². The van der Waals surface area contributed by atoms with Crippen LogP contribution in [0.2, 0.25) is 0 Å². The van der Waals surface area contributed by atoms with Gasteiger partial charge in [0.05, 0.1) is 11.2 Å². The van der Waals surface area contributed by atoms with E-state index in [4.69, 9.17) is 0 Å². The van der Waals surface area contributed by atoms with Gasteiger partial charge in [0.25, 0.3) is 0 Å². The van der Waals surface area contributed by atoms with E-state index in [9.17, 15) is 22.7 Å². The second-order valence-electron chi connectivity index (χ2n) is 4.22. The molecule has 17 heavy (non-hydrogen) atoms. The molecule has 0 bridgehead atoms. The highest BCUT2D eigenvalue weighted by Gasteiger charge is 2.35. The van der Waals surface area contributed by atoms with Crippen molar-refractivity contribution >= 4 is 0 Å². The summed E-state index contributed by atoms with van der Waals surface area (Å²) in [5.74, 6) is -1.33. The van der Waals surface area contributed by atoms with Crippen molar-refractivity contribution in [2.24, 2.45) is 0 Å². The van der Waals surface area contributed by atoms with Gasteiger partial charge >= 0.3 is 6.18 Å². The minimum Gasteiger partial charge on any atom is -0.385 e. The van der Waals surface area contributed by atoms with Gasteiger partial charge in [-0.05, 0) is 31.0 Å². The van der Waals surface area contributed by atoms with Crippen LogP contribution in [0.4, 0.5) is 17.6 Å². The van der Waals surface area contributed by atoms with E-state index in [1.165, 1.54) is 13.0 Å². The van der Waals surface area contributed by atoms with Gasteiger partial charge in [0.1, 0.15) is 5.82 Å². The Bertz CT molecular complexity index is 396. The van der Waals surface area contributed by atoms with E-state index >= 15 is 0 Å². The number of benzene rings is 1. The summed E-state index contributed by atoms with van der Waals surface area (Å²) in [6.07, 6.45) is -3.82. The zero-order valence-electron chi connectivity index (χ0n) is 9.61. The molecule has 0 aromatic heterocycles. The van der Waals surface area contributed by atoms with Crippen molar-refractivity contribution in [1.29, 1.82) is 0 Å². The maximum absolute atomic E-state index is 13.0. The molecule has 0 radical (unpaired) electrons. The Morgan fingerprint density at radius 3 is 2.29 bits per heavy atom. The fourth-order valence-corrected chi connectivity index (χ4v) is 1.71. The largest absolute Gasteiger partial charge is 0.419 e. The Balaban J connectivity index is 3.22.